The smallest absolute Gasteiger partial charge is 0.149 e. The molecule has 0 fully saturated rings. The number of nitrogens with zero attached hydrogens (tertiary/aromatic N) is 3. The van der Waals surface area contributed by atoms with E-state index in [0.29, 0.717) is 17.3 Å². The molecule has 0 amide bonds. The van der Waals surface area contributed by atoms with Gasteiger partial charge in [-0.2, -0.15) is 0 Å². The Balaban J connectivity index is 1.46. The molecule has 3 heterocycles. The fourth-order valence-electron chi connectivity index (χ4n) is 7.47. The lowest BCUT2D eigenvalue weighted by Crippen LogP contribution is -2.11. The summed E-state index contributed by atoms with van der Waals surface area (Å²) in [5.74, 6) is 1.43. The van der Waals surface area contributed by atoms with Gasteiger partial charge in [0.1, 0.15) is 22.7 Å². The van der Waals surface area contributed by atoms with Crippen molar-refractivity contribution in [2.24, 2.45) is 5.92 Å². The lowest BCUT2D eigenvalue weighted by atomic mass is 9.86. The van der Waals surface area contributed by atoms with Gasteiger partial charge in [0.05, 0.1) is 28.0 Å². The second-order valence-electron chi connectivity index (χ2n) is 15.3. The molecule has 5 heteroatoms. The predicted octanol–water partition coefficient (Wildman–Crippen LogP) is 12.1. The van der Waals surface area contributed by atoms with Crippen LogP contribution in [0.2, 0.25) is 0 Å². The van der Waals surface area contributed by atoms with Crippen LogP contribution >= 0.6 is 0 Å². The summed E-state index contributed by atoms with van der Waals surface area (Å²) in [6.07, 6.45) is 2.90. The van der Waals surface area contributed by atoms with E-state index in [1.54, 1.807) is 6.07 Å². The Kier molecular flexibility index (Phi) is 7.83. The second-order valence-corrected chi connectivity index (χ2v) is 15.3. The quantitative estimate of drug-likeness (QED) is 0.191. The lowest BCUT2D eigenvalue weighted by Gasteiger charge is -2.21. The van der Waals surface area contributed by atoms with E-state index in [1.807, 2.05) is 24.4 Å². The number of phenols is 1. The van der Waals surface area contributed by atoms with Gasteiger partial charge in [-0.05, 0) is 102 Å². The van der Waals surface area contributed by atoms with Crippen molar-refractivity contribution in [3.05, 3.63) is 132 Å². The van der Waals surface area contributed by atoms with Gasteiger partial charge in [-0.15, -0.1) is 0 Å². The number of aromatic nitrogens is 3. The maximum absolute atomic E-state index is 11.5. The first kappa shape index (κ1) is 32.5. The minimum Gasteiger partial charge on any atom is -0.507 e. The Morgan fingerprint density at radius 3 is 2.29 bits per heavy atom. The van der Waals surface area contributed by atoms with Crippen molar-refractivity contribution in [1.82, 2.24) is 14.5 Å². The molecule has 0 aliphatic rings. The summed E-state index contributed by atoms with van der Waals surface area (Å²) in [5, 5.41) is 13.6. The van der Waals surface area contributed by atoms with E-state index in [4.69, 9.17) is 14.4 Å². The molecule has 0 aliphatic heterocycles. The van der Waals surface area contributed by atoms with Gasteiger partial charge in [0.2, 0.25) is 0 Å². The van der Waals surface area contributed by atoms with Gasteiger partial charge in [-0.3, -0.25) is 9.55 Å². The summed E-state index contributed by atoms with van der Waals surface area (Å²) in [6, 6.07) is 35.6. The molecule has 0 saturated heterocycles. The number of para-hydroxylation sites is 3. The van der Waals surface area contributed by atoms with Crippen LogP contribution in [0, 0.1) is 19.8 Å². The minimum absolute atomic E-state index is 0.114. The largest absolute Gasteiger partial charge is 0.507 e. The maximum Gasteiger partial charge on any atom is 0.149 e. The number of aryl methyl sites for hydroxylation is 2. The lowest BCUT2D eigenvalue weighted by molar-refractivity contribution is 0.475. The molecule has 5 nitrogen and oxygen atoms in total. The van der Waals surface area contributed by atoms with Crippen molar-refractivity contribution < 1.29 is 9.52 Å². The number of phenolic OH excluding ortho intramolecular Hbond substituents is 1. The summed E-state index contributed by atoms with van der Waals surface area (Å²) in [5.41, 5.74) is 13.6. The summed E-state index contributed by atoms with van der Waals surface area (Å²) in [7, 11) is 0. The molecule has 0 unspecified atom stereocenters. The number of rotatable bonds is 6. The molecule has 0 saturated carbocycles. The van der Waals surface area contributed by atoms with Crippen LogP contribution in [-0.2, 0) is 11.8 Å². The van der Waals surface area contributed by atoms with Gasteiger partial charge in [0, 0.05) is 33.7 Å². The molecular weight excluding hydrogens is 627 g/mol. The maximum atomic E-state index is 11.5. The number of hydrogen-bond donors (Lipinski definition) is 1. The number of imidazole rings is 1. The molecule has 254 valence electrons. The third-order valence-electron chi connectivity index (χ3n) is 9.98. The van der Waals surface area contributed by atoms with Crippen molar-refractivity contribution in [2.75, 3.05) is 0 Å². The Morgan fingerprint density at radius 2 is 1.53 bits per heavy atom. The molecule has 0 radical (unpaired) electrons. The Bertz CT molecular complexity index is 2590. The first-order valence-corrected chi connectivity index (χ1v) is 17.8. The number of benzene rings is 5. The number of aromatic hydroxyl groups is 1. The molecule has 0 bridgehead atoms. The Hall–Kier alpha value is -5.68. The van der Waals surface area contributed by atoms with E-state index in [-0.39, 0.29) is 11.2 Å². The third-order valence-corrected chi connectivity index (χ3v) is 9.98. The molecule has 0 atom stereocenters. The topological polar surface area (TPSA) is 64.1 Å². The summed E-state index contributed by atoms with van der Waals surface area (Å²) in [4.78, 5) is 10.3. The van der Waals surface area contributed by atoms with Crippen LogP contribution in [-0.4, -0.2) is 19.6 Å². The third kappa shape index (κ3) is 5.67. The predicted molar refractivity (Wildman–Crippen MR) is 211 cm³/mol. The molecular formula is C46H43N3O2. The van der Waals surface area contributed by atoms with Crippen molar-refractivity contribution in [3.8, 4) is 45.2 Å². The van der Waals surface area contributed by atoms with Crippen molar-refractivity contribution >= 4 is 33.0 Å². The van der Waals surface area contributed by atoms with Crippen LogP contribution in [0.1, 0.15) is 56.9 Å². The highest BCUT2D eigenvalue weighted by Gasteiger charge is 2.25. The van der Waals surface area contributed by atoms with Crippen molar-refractivity contribution in [2.45, 2.75) is 60.3 Å². The molecule has 5 aromatic carbocycles. The van der Waals surface area contributed by atoms with E-state index in [1.165, 1.54) is 5.56 Å². The van der Waals surface area contributed by atoms with E-state index in [2.05, 4.69) is 132 Å². The van der Waals surface area contributed by atoms with E-state index in [9.17, 15) is 5.11 Å². The first-order valence-electron chi connectivity index (χ1n) is 17.8. The Labute approximate surface area is 299 Å². The zero-order valence-corrected chi connectivity index (χ0v) is 30.4. The van der Waals surface area contributed by atoms with Gasteiger partial charge < -0.3 is 9.52 Å². The summed E-state index contributed by atoms with van der Waals surface area (Å²) in [6.45, 7) is 15.3. The standard InChI is InChI=1S/C46H43N3O2/c1-27(2)22-30-20-21-47-38(23-30)31-24-35-33-14-8-9-17-41(33)51-44(35)36(25-31)34-15-11-16-39-42(34)48-45(49(39)43-28(3)12-10-13-29(43)4)37-26-32(46(5,6)7)18-19-40(37)50/h8-21,23-27,50H,22H2,1-7H3. The fraction of sp³-hybridized carbons (Fsp3) is 0.217. The summed E-state index contributed by atoms with van der Waals surface area (Å²) < 4.78 is 8.90. The van der Waals surface area contributed by atoms with Gasteiger partial charge in [0.25, 0.3) is 0 Å². The van der Waals surface area contributed by atoms with Gasteiger partial charge in [-0.25, -0.2) is 4.98 Å². The number of pyridine rings is 1. The molecule has 8 rings (SSSR count). The van der Waals surface area contributed by atoms with Gasteiger partial charge in [-0.1, -0.05) is 89.2 Å². The van der Waals surface area contributed by atoms with Gasteiger partial charge >= 0.3 is 0 Å². The molecule has 8 aromatic rings. The van der Waals surface area contributed by atoms with Crippen LogP contribution in [0.3, 0.4) is 0 Å². The molecule has 0 spiro atoms. The number of furan rings is 1. The monoisotopic (exact) mass is 669 g/mol. The Morgan fingerprint density at radius 1 is 0.765 bits per heavy atom. The van der Waals surface area contributed by atoms with Crippen molar-refractivity contribution in [1.29, 1.82) is 0 Å². The highest BCUT2D eigenvalue weighted by molar-refractivity contribution is 6.13. The second kappa shape index (κ2) is 12.3. The number of fused-ring (bicyclic) bond motifs is 4. The minimum atomic E-state index is -0.114. The molecule has 51 heavy (non-hydrogen) atoms. The zero-order chi connectivity index (χ0) is 35.6. The normalized spacial score (nSPS) is 12.2. The van der Waals surface area contributed by atoms with Gasteiger partial charge in [0.15, 0.2) is 0 Å². The van der Waals surface area contributed by atoms with Crippen LogP contribution < -0.4 is 0 Å². The fourth-order valence-corrected chi connectivity index (χ4v) is 7.47. The van der Waals surface area contributed by atoms with Crippen LogP contribution in [0.4, 0.5) is 0 Å². The van der Waals surface area contributed by atoms with E-state index < -0.39 is 0 Å². The van der Waals surface area contributed by atoms with Crippen LogP contribution in [0.25, 0.3) is 72.4 Å². The van der Waals surface area contributed by atoms with Crippen LogP contribution in [0.15, 0.2) is 114 Å². The van der Waals surface area contributed by atoms with E-state index >= 15 is 0 Å². The van der Waals surface area contributed by atoms with Crippen LogP contribution in [0.5, 0.6) is 5.75 Å². The highest BCUT2D eigenvalue weighted by Crippen LogP contribution is 2.44. The molecule has 3 aromatic heterocycles. The van der Waals surface area contributed by atoms with Crippen molar-refractivity contribution in [3.63, 3.8) is 0 Å². The average Bonchev–Trinajstić information content (AvgIpc) is 3.66. The first-order chi connectivity index (χ1) is 24.5. The highest BCUT2D eigenvalue weighted by atomic mass is 16.3. The molecule has 0 aliphatic carbocycles. The van der Waals surface area contributed by atoms with E-state index in [0.717, 1.165) is 84.2 Å². The molecule has 1 N–H and O–H groups in total. The number of hydrogen-bond acceptors (Lipinski definition) is 4. The zero-order valence-electron chi connectivity index (χ0n) is 30.4. The summed E-state index contributed by atoms with van der Waals surface area (Å²) >= 11 is 0. The SMILES string of the molecule is Cc1cccc(C)c1-n1c(-c2cc(C(C)(C)C)ccc2O)nc2c(-c3cc(-c4cc(CC(C)C)ccn4)cc4c3oc3ccccc34)cccc21. The average molecular weight is 670 g/mol.